The molecule has 0 aromatic carbocycles. The second kappa shape index (κ2) is 2.31. The maximum Gasteiger partial charge on any atom is 0.0753 e. The average Bonchev–Trinajstić information content (AvgIpc) is 2.19. The molecule has 1 aliphatic rings. The molecular formula is C5H7N3. The lowest BCUT2D eigenvalue weighted by atomic mass is 10.2. The van der Waals surface area contributed by atoms with Crippen molar-refractivity contribution in [2.24, 2.45) is 5.10 Å². The van der Waals surface area contributed by atoms with Gasteiger partial charge in [0.15, 0.2) is 0 Å². The smallest absolute Gasteiger partial charge is 0.0753 e. The van der Waals surface area contributed by atoms with E-state index in [2.05, 4.69) is 10.5 Å². The molecule has 1 heterocycles. The number of nitrogens with one attached hydrogen (secondary N) is 1. The van der Waals surface area contributed by atoms with E-state index in [1.807, 2.05) is 6.07 Å². The molecule has 0 saturated carbocycles. The Bertz CT molecular complexity index is 142. The van der Waals surface area contributed by atoms with Crippen LogP contribution in [0.1, 0.15) is 12.8 Å². The van der Waals surface area contributed by atoms with E-state index < -0.39 is 0 Å². The zero-order chi connectivity index (χ0) is 5.82. The van der Waals surface area contributed by atoms with Gasteiger partial charge in [0.05, 0.1) is 18.2 Å². The van der Waals surface area contributed by atoms with Crippen LogP contribution in [0.15, 0.2) is 5.10 Å². The van der Waals surface area contributed by atoms with E-state index in [4.69, 9.17) is 5.26 Å². The summed E-state index contributed by atoms with van der Waals surface area (Å²) in [6, 6.07) is 2.04. The van der Waals surface area contributed by atoms with Gasteiger partial charge in [0.2, 0.25) is 0 Å². The molecule has 42 valence electrons. The summed E-state index contributed by atoms with van der Waals surface area (Å²) >= 11 is 0. The highest BCUT2D eigenvalue weighted by Gasteiger charge is 2.02. The summed E-state index contributed by atoms with van der Waals surface area (Å²) in [7, 11) is 0. The van der Waals surface area contributed by atoms with E-state index in [1.54, 1.807) is 0 Å². The van der Waals surface area contributed by atoms with Crippen molar-refractivity contribution in [1.29, 1.82) is 5.26 Å². The number of hydrogen-bond acceptors (Lipinski definition) is 3. The average molecular weight is 109 g/mol. The van der Waals surface area contributed by atoms with Crippen LogP contribution in [0.5, 0.6) is 0 Å². The van der Waals surface area contributed by atoms with Crippen molar-refractivity contribution in [1.82, 2.24) is 5.43 Å². The lowest BCUT2D eigenvalue weighted by molar-refractivity contribution is 0.813. The van der Waals surface area contributed by atoms with Crippen molar-refractivity contribution in [2.75, 3.05) is 6.54 Å². The second-order valence-electron chi connectivity index (χ2n) is 1.67. The quantitative estimate of drug-likeness (QED) is 0.524. The second-order valence-corrected chi connectivity index (χ2v) is 1.67. The number of rotatable bonds is 1. The highest BCUT2D eigenvalue weighted by atomic mass is 15.3. The fourth-order valence-electron chi connectivity index (χ4n) is 0.643. The van der Waals surface area contributed by atoms with Crippen LogP contribution < -0.4 is 5.43 Å². The molecule has 0 radical (unpaired) electrons. The lowest BCUT2D eigenvalue weighted by Crippen LogP contribution is -1.96. The van der Waals surface area contributed by atoms with Crippen molar-refractivity contribution >= 4 is 5.71 Å². The molecule has 3 nitrogen and oxygen atoms in total. The third-order valence-electron chi connectivity index (χ3n) is 1.05. The maximum atomic E-state index is 8.17. The van der Waals surface area contributed by atoms with Crippen molar-refractivity contribution < 1.29 is 0 Å². The van der Waals surface area contributed by atoms with E-state index in [0.29, 0.717) is 6.42 Å². The van der Waals surface area contributed by atoms with Gasteiger partial charge >= 0.3 is 0 Å². The summed E-state index contributed by atoms with van der Waals surface area (Å²) in [5.74, 6) is 0. The molecule has 8 heavy (non-hydrogen) atoms. The Labute approximate surface area is 48.0 Å². The minimum atomic E-state index is 0.479. The Balaban J connectivity index is 2.36. The molecule has 0 bridgehead atoms. The largest absolute Gasteiger partial charge is 0.310 e. The Morgan fingerprint density at radius 3 is 3.25 bits per heavy atom. The molecule has 1 aliphatic heterocycles. The highest BCUT2D eigenvalue weighted by Crippen LogP contribution is 1.95. The molecule has 3 heteroatoms. The first-order chi connectivity index (χ1) is 3.93. The Hall–Kier alpha value is -1.04. The van der Waals surface area contributed by atoms with Gasteiger partial charge in [-0.05, 0) is 0 Å². The first-order valence-electron chi connectivity index (χ1n) is 2.59. The summed E-state index contributed by atoms with van der Waals surface area (Å²) in [5, 5.41) is 12.0. The predicted molar refractivity (Wildman–Crippen MR) is 30.3 cm³/mol. The van der Waals surface area contributed by atoms with Gasteiger partial charge in [-0.25, -0.2) is 0 Å². The minimum Gasteiger partial charge on any atom is -0.310 e. The minimum absolute atomic E-state index is 0.479. The molecule has 0 aliphatic carbocycles. The van der Waals surface area contributed by atoms with E-state index in [1.165, 1.54) is 0 Å². The van der Waals surface area contributed by atoms with Crippen LogP contribution in [0, 0.1) is 11.3 Å². The van der Waals surface area contributed by atoms with Crippen molar-refractivity contribution in [3.63, 3.8) is 0 Å². The molecule has 0 aromatic rings. The van der Waals surface area contributed by atoms with Crippen LogP contribution in [-0.4, -0.2) is 12.3 Å². The molecule has 0 saturated heterocycles. The van der Waals surface area contributed by atoms with Gasteiger partial charge in [-0.2, -0.15) is 10.4 Å². The van der Waals surface area contributed by atoms with Crippen LogP contribution in [-0.2, 0) is 0 Å². The summed E-state index contributed by atoms with van der Waals surface area (Å²) in [5.41, 5.74) is 3.77. The van der Waals surface area contributed by atoms with Crippen LogP contribution in [0.25, 0.3) is 0 Å². The Kier molecular flexibility index (Phi) is 1.48. The zero-order valence-electron chi connectivity index (χ0n) is 4.52. The Morgan fingerprint density at radius 2 is 2.75 bits per heavy atom. The van der Waals surface area contributed by atoms with Gasteiger partial charge in [-0.1, -0.05) is 0 Å². The van der Waals surface area contributed by atoms with Gasteiger partial charge < -0.3 is 5.43 Å². The van der Waals surface area contributed by atoms with Gasteiger partial charge in [0.1, 0.15) is 0 Å². The molecule has 1 N–H and O–H groups in total. The predicted octanol–water partition coefficient (Wildman–Crippen LogP) is 0.249. The summed E-state index contributed by atoms with van der Waals surface area (Å²) in [6.07, 6.45) is 1.42. The first-order valence-corrected chi connectivity index (χ1v) is 2.59. The maximum absolute atomic E-state index is 8.17. The highest BCUT2D eigenvalue weighted by molar-refractivity contribution is 5.87. The van der Waals surface area contributed by atoms with Crippen LogP contribution in [0.3, 0.4) is 0 Å². The summed E-state index contributed by atoms with van der Waals surface area (Å²) in [6.45, 7) is 0.900. The Morgan fingerprint density at radius 1 is 1.88 bits per heavy atom. The topological polar surface area (TPSA) is 48.2 Å². The molecule has 0 atom stereocenters. The van der Waals surface area contributed by atoms with Crippen molar-refractivity contribution in [3.8, 4) is 6.07 Å². The van der Waals surface area contributed by atoms with E-state index in [0.717, 1.165) is 18.7 Å². The van der Waals surface area contributed by atoms with Crippen molar-refractivity contribution in [2.45, 2.75) is 12.8 Å². The standard InChI is InChI=1S/C5H7N3/c6-3-1-5-2-4-7-8-5/h7H,1-2,4H2. The van der Waals surface area contributed by atoms with Gasteiger partial charge in [0, 0.05) is 13.0 Å². The van der Waals surface area contributed by atoms with Crippen LogP contribution in [0.4, 0.5) is 0 Å². The van der Waals surface area contributed by atoms with Crippen LogP contribution >= 0.6 is 0 Å². The number of nitrogens with zero attached hydrogens (tertiary/aromatic N) is 2. The molecule has 0 unspecified atom stereocenters. The van der Waals surface area contributed by atoms with Crippen molar-refractivity contribution in [3.05, 3.63) is 0 Å². The fraction of sp³-hybridized carbons (Fsp3) is 0.600. The first kappa shape index (κ1) is 5.10. The summed E-state index contributed by atoms with van der Waals surface area (Å²) in [4.78, 5) is 0. The molecule has 0 spiro atoms. The molecule has 1 rings (SSSR count). The SMILES string of the molecule is N#CCC1=NNCC1. The summed E-state index contributed by atoms with van der Waals surface area (Å²) < 4.78 is 0. The van der Waals surface area contributed by atoms with Gasteiger partial charge in [-0.15, -0.1) is 0 Å². The van der Waals surface area contributed by atoms with E-state index >= 15 is 0 Å². The zero-order valence-corrected chi connectivity index (χ0v) is 4.52. The van der Waals surface area contributed by atoms with E-state index in [9.17, 15) is 0 Å². The lowest BCUT2D eigenvalue weighted by Gasteiger charge is -1.81. The van der Waals surface area contributed by atoms with Gasteiger partial charge in [-0.3, -0.25) is 0 Å². The molecule has 0 amide bonds. The number of hydrazone groups is 1. The van der Waals surface area contributed by atoms with E-state index in [-0.39, 0.29) is 0 Å². The molecule has 0 fully saturated rings. The van der Waals surface area contributed by atoms with Gasteiger partial charge in [0.25, 0.3) is 0 Å². The normalized spacial score (nSPS) is 16.6. The fourth-order valence-corrected chi connectivity index (χ4v) is 0.643. The monoisotopic (exact) mass is 109 g/mol. The third-order valence-corrected chi connectivity index (χ3v) is 1.05. The number of nitriles is 1. The molecule has 0 aromatic heterocycles. The third kappa shape index (κ3) is 0.969. The molecular weight excluding hydrogens is 102 g/mol. The number of hydrogen-bond donors (Lipinski definition) is 1. The van der Waals surface area contributed by atoms with Crippen LogP contribution in [0.2, 0.25) is 0 Å².